The number of hydrogen-bond acceptors (Lipinski definition) is 5. The highest BCUT2D eigenvalue weighted by molar-refractivity contribution is 6.47. The van der Waals surface area contributed by atoms with Crippen molar-refractivity contribution in [3.05, 3.63) is 38.5 Å². The van der Waals surface area contributed by atoms with E-state index in [4.69, 9.17) is 39.5 Å². The largest absolute Gasteiger partial charge is 0.462 e. The van der Waals surface area contributed by atoms with Gasteiger partial charge in [-0.3, -0.25) is 9.59 Å². The number of Topliss-reactive ketones (excluding diaryl/α,β-unsaturated/α-hetero) is 1. The molecule has 0 aliphatic carbocycles. The van der Waals surface area contributed by atoms with Gasteiger partial charge < -0.3 is 15.4 Å². The number of anilines is 1. The van der Waals surface area contributed by atoms with Crippen LogP contribution in [0.25, 0.3) is 0 Å². The summed E-state index contributed by atoms with van der Waals surface area (Å²) in [6.07, 6.45) is 1.15. The van der Waals surface area contributed by atoms with Crippen LogP contribution >= 0.6 is 34.8 Å². The second-order valence-corrected chi connectivity index (χ2v) is 5.91. The molecule has 0 saturated carbocycles. The Kier molecular flexibility index (Phi) is 8.22. The van der Waals surface area contributed by atoms with Crippen molar-refractivity contribution in [1.29, 1.82) is 0 Å². The Morgan fingerprint density at radius 3 is 2.32 bits per heavy atom. The molecule has 9 heteroatoms. The summed E-state index contributed by atoms with van der Waals surface area (Å²) in [7, 11) is 0. The number of carbonyl (C=O) groups is 3. The first kappa shape index (κ1) is 21.3. The molecule has 1 aromatic rings. The molecule has 136 valence electrons. The molecule has 1 aromatic carbocycles. The van der Waals surface area contributed by atoms with Crippen LogP contribution in [-0.2, 0) is 14.3 Å². The van der Waals surface area contributed by atoms with Crippen LogP contribution in [0.2, 0.25) is 15.1 Å². The number of amides is 1. The lowest BCUT2D eigenvalue weighted by Gasteiger charge is -2.13. The van der Waals surface area contributed by atoms with Gasteiger partial charge in [0.25, 0.3) is 5.91 Å². The summed E-state index contributed by atoms with van der Waals surface area (Å²) < 4.78 is 4.81. The minimum absolute atomic E-state index is 0.00311. The van der Waals surface area contributed by atoms with E-state index < -0.39 is 17.7 Å². The van der Waals surface area contributed by atoms with Crippen molar-refractivity contribution < 1.29 is 19.1 Å². The van der Waals surface area contributed by atoms with Gasteiger partial charge >= 0.3 is 5.97 Å². The van der Waals surface area contributed by atoms with Crippen molar-refractivity contribution in [2.45, 2.75) is 20.8 Å². The van der Waals surface area contributed by atoms with Crippen LogP contribution in [0.1, 0.15) is 31.1 Å². The van der Waals surface area contributed by atoms with Crippen molar-refractivity contribution >= 4 is 58.1 Å². The second kappa shape index (κ2) is 9.65. The molecule has 0 radical (unpaired) electrons. The lowest BCUT2D eigenvalue weighted by atomic mass is 10.1. The molecular formula is C16H17Cl3N2O4. The molecule has 0 bridgehead atoms. The number of hydrogen-bond donors (Lipinski definition) is 2. The molecule has 0 spiro atoms. The van der Waals surface area contributed by atoms with Crippen LogP contribution in [0.3, 0.4) is 0 Å². The van der Waals surface area contributed by atoms with Gasteiger partial charge in [0, 0.05) is 12.7 Å². The van der Waals surface area contributed by atoms with Gasteiger partial charge in [0.05, 0.1) is 32.9 Å². The van der Waals surface area contributed by atoms with E-state index in [0.717, 1.165) is 6.20 Å². The summed E-state index contributed by atoms with van der Waals surface area (Å²) >= 11 is 18.3. The van der Waals surface area contributed by atoms with Gasteiger partial charge in [0.1, 0.15) is 5.57 Å². The summed E-state index contributed by atoms with van der Waals surface area (Å²) in [4.78, 5) is 35.5. The molecule has 25 heavy (non-hydrogen) atoms. The van der Waals surface area contributed by atoms with E-state index in [0.29, 0.717) is 6.54 Å². The van der Waals surface area contributed by atoms with Crippen LogP contribution in [-0.4, -0.2) is 30.8 Å². The first-order valence-corrected chi connectivity index (χ1v) is 8.48. The number of esters is 1. The van der Waals surface area contributed by atoms with Gasteiger partial charge in [-0.1, -0.05) is 34.8 Å². The summed E-state index contributed by atoms with van der Waals surface area (Å²) in [6.45, 7) is 5.08. The minimum atomic E-state index is -0.775. The van der Waals surface area contributed by atoms with E-state index in [1.165, 1.54) is 13.0 Å². The van der Waals surface area contributed by atoms with Crippen molar-refractivity contribution in [3.63, 3.8) is 0 Å². The van der Waals surface area contributed by atoms with E-state index in [9.17, 15) is 14.4 Å². The molecule has 0 unspecified atom stereocenters. The van der Waals surface area contributed by atoms with Crippen molar-refractivity contribution in [2.24, 2.45) is 0 Å². The molecule has 0 fully saturated rings. The van der Waals surface area contributed by atoms with Gasteiger partial charge in [-0.2, -0.15) is 0 Å². The van der Waals surface area contributed by atoms with Crippen LogP contribution in [0.4, 0.5) is 5.69 Å². The summed E-state index contributed by atoms with van der Waals surface area (Å²) in [5.74, 6) is -1.77. The predicted molar refractivity (Wildman–Crippen MR) is 98.5 cm³/mol. The Morgan fingerprint density at radius 1 is 1.16 bits per heavy atom. The van der Waals surface area contributed by atoms with Crippen molar-refractivity contribution in [1.82, 2.24) is 5.32 Å². The number of nitrogens with one attached hydrogen (secondary N) is 2. The number of benzene rings is 1. The predicted octanol–water partition coefficient (Wildman–Crippen LogP) is 3.84. The molecule has 2 N–H and O–H groups in total. The highest BCUT2D eigenvalue weighted by Gasteiger charge is 2.21. The maximum atomic E-state index is 12.1. The third kappa shape index (κ3) is 5.36. The zero-order valence-electron chi connectivity index (χ0n) is 13.8. The van der Waals surface area contributed by atoms with Crippen LogP contribution in [0, 0.1) is 0 Å². The highest BCUT2D eigenvalue weighted by atomic mass is 35.5. The van der Waals surface area contributed by atoms with Gasteiger partial charge in [0.2, 0.25) is 0 Å². The van der Waals surface area contributed by atoms with Gasteiger partial charge in [-0.25, -0.2) is 4.79 Å². The van der Waals surface area contributed by atoms with Crippen molar-refractivity contribution in [3.8, 4) is 0 Å². The highest BCUT2D eigenvalue weighted by Crippen LogP contribution is 2.37. The van der Waals surface area contributed by atoms with Crippen LogP contribution in [0.5, 0.6) is 0 Å². The Bertz CT molecular complexity index is 733. The molecular weight excluding hydrogens is 391 g/mol. The number of ether oxygens (including phenoxy) is 1. The minimum Gasteiger partial charge on any atom is -0.462 e. The SMILES string of the molecule is CCNC(=O)c1c(Cl)c(Cl)cc(NC=C(C(C)=O)C(=O)OCC)c1Cl. The molecule has 1 rings (SSSR count). The number of rotatable bonds is 7. The number of halogens is 3. The number of carbonyl (C=O) groups excluding carboxylic acids is 3. The van der Waals surface area contributed by atoms with Crippen LogP contribution in [0.15, 0.2) is 17.8 Å². The van der Waals surface area contributed by atoms with Gasteiger partial charge in [0.15, 0.2) is 5.78 Å². The lowest BCUT2D eigenvalue weighted by molar-refractivity contribution is -0.139. The third-order valence-electron chi connectivity index (χ3n) is 2.97. The van der Waals surface area contributed by atoms with E-state index in [1.54, 1.807) is 13.8 Å². The topological polar surface area (TPSA) is 84.5 Å². The first-order valence-electron chi connectivity index (χ1n) is 7.34. The monoisotopic (exact) mass is 406 g/mol. The fraction of sp³-hybridized carbons (Fsp3) is 0.312. The van der Waals surface area contributed by atoms with E-state index in [2.05, 4.69) is 10.6 Å². The Labute approximate surface area is 160 Å². The fourth-order valence-corrected chi connectivity index (χ4v) is 2.60. The molecule has 0 aromatic heterocycles. The van der Waals surface area contributed by atoms with E-state index in [1.807, 2.05) is 0 Å². The molecule has 0 atom stereocenters. The fourth-order valence-electron chi connectivity index (χ4n) is 1.82. The normalized spacial score (nSPS) is 11.0. The Balaban J connectivity index is 3.30. The maximum Gasteiger partial charge on any atom is 0.343 e. The summed E-state index contributed by atoms with van der Waals surface area (Å²) in [5.41, 5.74) is -0.00184. The average Bonchev–Trinajstić information content (AvgIpc) is 2.52. The van der Waals surface area contributed by atoms with Crippen LogP contribution < -0.4 is 10.6 Å². The molecule has 1 amide bonds. The smallest absolute Gasteiger partial charge is 0.343 e. The van der Waals surface area contributed by atoms with Gasteiger partial charge in [-0.05, 0) is 26.8 Å². The third-order valence-corrected chi connectivity index (χ3v) is 4.15. The second-order valence-electron chi connectivity index (χ2n) is 4.75. The standard InChI is InChI=1S/C16H17Cl3N2O4/c1-4-20-15(23)12-13(18)10(17)6-11(14(12)19)21-7-9(8(3)22)16(24)25-5-2/h6-7,21H,4-5H2,1-3H3,(H,20,23). The zero-order valence-corrected chi connectivity index (χ0v) is 16.1. The molecule has 0 aliphatic rings. The quantitative estimate of drug-likeness (QED) is 0.236. The lowest BCUT2D eigenvalue weighted by Crippen LogP contribution is -2.23. The Hall–Kier alpha value is -1.76. The molecule has 0 heterocycles. The van der Waals surface area contributed by atoms with Gasteiger partial charge in [-0.15, -0.1) is 0 Å². The number of ketones is 1. The van der Waals surface area contributed by atoms with E-state index in [-0.39, 0.29) is 38.5 Å². The average molecular weight is 408 g/mol. The first-order chi connectivity index (χ1) is 11.7. The Morgan fingerprint density at radius 2 is 1.80 bits per heavy atom. The summed E-state index contributed by atoms with van der Waals surface area (Å²) in [5, 5.41) is 5.37. The van der Waals surface area contributed by atoms with Crippen molar-refractivity contribution in [2.75, 3.05) is 18.5 Å². The molecule has 6 nitrogen and oxygen atoms in total. The van der Waals surface area contributed by atoms with E-state index >= 15 is 0 Å². The maximum absolute atomic E-state index is 12.1. The molecule has 0 saturated heterocycles. The molecule has 0 aliphatic heterocycles. The summed E-state index contributed by atoms with van der Waals surface area (Å²) in [6, 6.07) is 1.38. The zero-order chi connectivity index (χ0) is 19.1.